The van der Waals surface area contributed by atoms with Crippen molar-refractivity contribution in [3.8, 4) is 0 Å². The maximum absolute atomic E-state index is 7.00. The van der Waals surface area contributed by atoms with E-state index in [-0.39, 0.29) is 1.43 Å². The van der Waals surface area contributed by atoms with Crippen molar-refractivity contribution in [3.05, 3.63) is 0 Å². The van der Waals surface area contributed by atoms with E-state index in [2.05, 4.69) is 23.6 Å². The molecule has 4 nitrogen and oxygen atoms in total. The molecule has 0 bridgehead atoms. The Hall–Kier alpha value is -0.160. The van der Waals surface area contributed by atoms with E-state index in [0.717, 1.165) is 20.2 Å². The minimum atomic E-state index is 0. The molecule has 1 saturated heterocycles. The first-order valence-electron chi connectivity index (χ1n) is 6.35. The maximum atomic E-state index is 7.00. The molecule has 0 amide bonds. The van der Waals surface area contributed by atoms with Gasteiger partial charge in [0.25, 0.3) is 0 Å². The zero-order valence-electron chi connectivity index (χ0n) is 11.7. The van der Waals surface area contributed by atoms with E-state index >= 15 is 0 Å². The van der Waals surface area contributed by atoms with Crippen LogP contribution in [0.4, 0.5) is 0 Å². The molecule has 4 heteroatoms. The summed E-state index contributed by atoms with van der Waals surface area (Å²) in [4.78, 5) is 4.96. The number of piperazine rings is 1. The molecule has 0 atom stereocenters. The van der Waals surface area contributed by atoms with E-state index in [1.165, 1.54) is 26.2 Å². The highest BCUT2D eigenvalue weighted by Crippen LogP contribution is 2.04. The van der Waals surface area contributed by atoms with Crippen LogP contribution in [0.25, 0.3) is 0 Å². The van der Waals surface area contributed by atoms with Crippen molar-refractivity contribution in [1.29, 1.82) is 0 Å². The van der Waals surface area contributed by atoms with Gasteiger partial charge >= 0.3 is 0 Å². The Kier molecular flexibility index (Phi) is 14.7. The van der Waals surface area contributed by atoms with Gasteiger partial charge in [-0.1, -0.05) is 13.8 Å². The van der Waals surface area contributed by atoms with Crippen LogP contribution in [0, 0.1) is 0 Å². The second-order valence-corrected chi connectivity index (χ2v) is 3.76. The number of nitrogens with two attached hydrogens (primary N) is 1. The zero-order chi connectivity index (χ0) is 13.0. The fourth-order valence-corrected chi connectivity index (χ4v) is 1.69. The normalized spacial score (nSPS) is 17.2. The van der Waals surface area contributed by atoms with Crippen LogP contribution in [-0.2, 0) is 0 Å². The van der Waals surface area contributed by atoms with Gasteiger partial charge < -0.3 is 10.8 Å². The van der Waals surface area contributed by atoms with Gasteiger partial charge in [-0.15, -0.1) is 0 Å². The standard InChI is InChI=1S/C9H21N3.C2H6.CH4O.H2/c1-9(2)12-7-5-11(4-3-10)6-8-12;2*1-2;/h9H,3-8,10H2,1-2H3;1-2H3;2H,1H3;1H. The van der Waals surface area contributed by atoms with Crippen LogP contribution in [0.5, 0.6) is 0 Å². The molecule has 0 spiro atoms. The van der Waals surface area contributed by atoms with Crippen LogP contribution >= 0.6 is 0 Å². The highest BCUT2D eigenvalue weighted by atomic mass is 16.2. The predicted molar refractivity (Wildman–Crippen MR) is 73.8 cm³/mol. The Morgan fingerprint density at radius 1 is 1.12 bits per heavy atom. The molecular formula is C12H33N3O. The van der Waals surface area contributed by atoms with E-state index in [1.807, 2.05) is 13.8 Å². The Morgan fingerprint density at radius 2 is 1.56 bits per heavy atom. The van der Waals surface area contributed by atoms with Crippen LogP contribution in [0.2, 0.25) is 0 Å². The Balaban J connectivity index is -0.000000355. The van der Waals surface area contributed by atoms with Crippen LogP contribution < -0.4 is 5.73 Å². The lowest BCUT2D eigenvalue weighted by Crippen LogP contribution is -2.49. The van der Waals surface area contributed by atoms with Crippen molar-refractivity contribution in [2.75, 3.05) is 46.4 Å². The van der Waals surface area contributed by atoms with Gasteiger partial charge in [-0.2, -0.15) is 0 Å². The fraction of sp³-hybridized carbons (Fsp3) is 1.00. The maximum Gasteiger partial charge on any atom is 0.0319 e. The summed E-state index contributed by atoms with van der Waals surface area (Å²) >= 11 is 0. The molecule has 1 heterocycles. The second-order valence-electron chi connectivity index (χ2n) is 3.76. The summed E-state index contributed by atoms with van der Waals surface area (Å²) in [6.07, 6.45) is 0. The summed E-state index contributed by atoms with van der Waals surface area (Å²) in [6.45, 7) is 15.2. The summed E-state index contributed by atoms with van der Waals surface area (Å²) in [5.41, 5.74) is 5.50. The van der Waals surface area contributed by atoms with Crippen LogP contribution in [0.1, 0.15) is 29.1 Å². The highest BCUT2D eigenvalue weighted by Gasteiger charge is 2.17. The van der Waals surface area contributed by atoms with Crippen molar-refractivity contribution in [2.24, 2.45) is 5.73 Å². The lowest BCUT2D eigenvalue weighted by molar-refractivity contribution is 0.111. The number of nitrogens with zero attached hydrogens (tertiary/aromatic N) is 2. The Labute approximate surface area is 103 Å². The zero-order valence-corrected chi connectivity index (χ0v) is 11.7. The number of aliphatic hydroxyl groups is 1. The number of hydrogen-bond acceptors (Lipinski definition) is 4. The number of aliphatic hydroxyl groups excluding tert-OH is 1. The minimum absolute atomic E-state index is 0. The van der Waals surface area contributed by atoms with Gasteiger partial charge in [0.2, 0.25) is 0 Å². The van der Waals surface area contributed by atoms with Crippen LogP contribution in [0.15, 0.2) is 0 Å². The molecule has 0 unspecified atom stereocenters. The third kappa shape index (κ3) is 8.05. The fourth-order valence-electron chi connectivity index (χ4n) is 1.69. The monoisotopic (exact) mass is 235 g/mol. The van der Waals surface area contributed by atoms with Crippen molar-refractivity contribution in [1.82, 2.24) is 9.80 Å². The predicted octanol–water partition coefficient (Wildman–Crippen LogP) is 0.852. The third-order valence-electron chi connectivity index (χ3n) is 2.58. The van der Waals surface area contributed by atoms with Gasteiger partial charge in [0.05, 0.1) is 0 Å². The average molecular weight is 235 g/mol. The summed E-state index contributed by atoms with van der Waals surface area (Å²) in [5, 5.41) is 7.00. The number of hydrogen-bond donors (Lipinski definition) is 2. The molecule has 0 aromatic heterocycles. The summed E-state index contributed by atoms with van der Waals surface area (Å²) in [6, 6.07) is 0.699. The number of rotatable bonds is 3. The minimum Gasteiger partial charge on any atom is -0.400 e. The molecule has 0 radical (unpaired) electrons. The molecule has 0 aliphatic carbocycles. The van der Waals surface area contributed by atoms with E-state index in [1.54, 1.807) is 0 Å². The van der Waals surface area contributed by atoms with Crippen LogP contribution in [-0.4, -0.2) is 67.3 Å². The third-order valence-corrected chi connectivity index (χ3v) is 2.58. The van der Waals surface area contributed by atoms with Gasteiger partial charge in [0, 0.05) is 53.8 Å². The summed E-state index contributed by atoms with van der Waals surface area (Å²) < 4.78 is 0. The smallest absolute Gasteiger partial charge is 0.0319 e. The first-order chi connectivity index (χ1) is 7.74. The van der Waals surface area contributed by atoms with Gasteiger partial charge in [0.15, 0.2) is 0 Å². The SMILES string of the molecule is CC.CC(C)N1CCN(CCN)CC1.CO.[HH]. The molecule has 0 saturated carbocycles. The van der Waals surface area contributed by atoms with Crippen molar-refractivity contribution < 1.29 is 6.53 Å². The van der Waals surface area contributed by atoms with E-state index in [0.29, 0.717) is 6.04 Å². The van der Waals surface area contributed by atoms with Gasteiger partial charge in [-0.25, -0.2) is 0 Å². The lowest BCUT2D eigenvalue weighted by atomic mass is 10.2. The first-order valence-corrected chi connectivity index (χ1v) is 6.35. The van der Waals surface area contributed by atoms with Crippen molar-refractivity contribution in [3.63, 3.8) is 0 Å². The quantitative estimate of drug-likeness (QED) is 0.761. The van der Waals surface area contributed by atoms with Crippen molar-refractivity contribution in [2.45, 2.75) is 33.7 Å². The molecule has 1 rings (SSSR count). The highest BCUT2D eigenvalue weighted by molar-refractivity contribution is 4.73. The largest absolute Gasteiger partial charge is 0.400 e. The Morgan fingerprint density at radius 3 is 1.88 bits per heavy atom. The summed E-state index contributed by atoms with van der Waals surface area (Å²) in [7, 11) is 1.00. The van der Waals surface area contributed by atoms with Crippen molar-refractivity contribution >= 4 is 0 Å². The first kappa shape index (κ1) is 18.2. The van der Waals surface area contributed by atoms with Gasteiger partial charge in [-0.05, 0) is 13.8 Å². The van der Waals surface area contributed by atoms with E-state index in [4.69, 9.17) is 10.8 Å². The molecule has 102 valence electrons. The average Bonchev–Trinajstić information content (AvgIpc) is 2.35. The molecule has 1 fully saturated rings. The Bertz CT molecular complexity index is 129. The molecule has 0 aromatic carbocycles. The summed E-state index contributed by atoms with van der Waals surface area (Å²) in [5.74, 6) is 0. The molecule has 1 aliphatic heterocycles. The molecular weight excluding hydrogens is 202 g/mol. The molecule has 3 N–H and O–H groups in total. The van der Waals surface area contributed by atoms with Gasteiger partial charge in [0.1, 0.15) is 0 Å². The molecule has 1 aliphatic rings. The van der Waals surface area contributed by atoms with E-state index in [9.17, 15) is 0 Å². The molecule has 0 aromatic rings. The molecule has 16 heavy (non-hydrogen) atoms. The lowest BCUT2D eigenvalue weighted by Gasteiger charge is -2.36. The van der Waals surface area contributed by atoms with Crippen LogP contribution in [0.3, 0.4) is 0 Å². The van der Waals surface area contributed by atoms with Gasteiger partial charge in [-0.3, -0.25) is 9.80 Å². The topological polar surface area (TPSA) is 52.7 Å². The van der Waals surface area contributed by atoms with E-state index < -0.39 is 0 Å². The second kappa shape index (κ2) is 12.9.